The van der Waals surface area contributed by atoms with Crippen LogP contribution in [0.1, 0.15) is 31.9 Å². The van der Waals surface area contributed by atoms with Gasteiger partial charge in [-0.25, -0.2) is 0 Å². The summed E-state index contributed by atoms with van der Waals surface area (Å²) in [5.74, 6) is 1.24. The van der Waals surface area contributed by atoms with Crippen LogP contribution in [-0.4, -0.2) is 13.1 Å². The fourth-order valence-corrected chi connectivity index (χ4v) is 2.03. The van der Waals surface area contributed by atoms with Gasteiger partial charge in [-0.3, -0.25) is 0 Å². The molecule has 0 saturated carbocycles. The molecule has 0 aliphatic heterocycles. The molecule has 0 bridgehead atoms. The number of rotatable bonds is 4. The van der Waals surface area contributed by atoms with Crippen molar-refractivity contribution in [2.75, 3.05) is 11.9 Å². The van der Waals surface area contributed by atoms with Gasteiger partial charge < -0.3 is 4.90 Å². The highest BCUT2D eigenvalue weighted by molar-refractivity contribution is 6.17. The second-order valence-corrected chi connectivity index (χ2v) is 5.11. The molecule has 1 aromatic rings. The summed E-state index contributed by atoms with van der Waals surface area (Å²) >= 11 is 5.86. The first-order valence-corrected chi connectivity index (χ1v) is 6.39. The molecule has 0 N–H and O–H groups in total. The zero-order valence-corrected chi connectivity index (χ0v) is 11.7. The molecule has 1 aromatic carbocycles. The lowest BCUT2D eigenvalue weighted by atomic mass is 10.0. The first-order valence-electron chi connectivity index (χ1n) is 5.85. The lowest BCUT2D eigenvalue weighted by Gasteiger charge is -2.30. The van der Waals surface area contributed by atoms with Crippen LogP contribution in [0.5, 0.6) is 0 Å². The molecule has 0 saturated heterocycles. The van der Waals surface area contributed by atoms with Crippen LogP contribution in [0.4, 0.5) is 5.69 Å². The normalized spacial score (nSPS) is 12.9. The van der Waals surface area contributed by atoms with Crippen molar-refractivity contribution < 1.29 is 0 Å². The molecule has 90 valence electrons. The average molecular weight is 240 g/mol. The van der Waals surface area contributed by atoms with Crippen molar-refractivity contribution in [1.29, 1.82) is 0 Å². The van der Waals surface area contributed by atoms with E-state index in [0.29, 0.717) is 17.8 Å². The molecule has 0 spiro atoms. The first kappa shape index (κ1) is 13.4. The number of anilines is 1. The fourth-order valence-electron chi connectivity index (χ4n) is 1.73. The molecule has 2 heteroatoms. The Morgan fingerprint density at radius 1 is 1.25 bits per heavy atom. The Kier molecular flexibility index (Phi) is 4.67. The molecule has 0 aromatic heterocycles. The van der Waals surface area contributed by atoms with Gasteiger partial charge in [0.2, 0.25) is 0 Å². The summed E-state index contributed by atoms with van der Waals surface area (Å²) in [5, 5.41) is 0. The molecule has 0 heterocycles. The van der Waals surface area contributed by atoms with Crippen molar-refractivity contribution in [3.8, 4) is 0 Å². The molecule has 0 radical (unpaired) electrons. The van der Waals surface area contributed by atoms with Gasteiger partial charge in [0.25, 0.3) is 0 Å². The zero-order chi connectivity index (χ0) is 12.3. The van der Waals surface area contributed by atoms with E-state index in [1.54, 1.807) is 0 Å². The van der Waals surface area contributed by atoms with E-state index in [2.05, 4.69) is 57.8 Å². The smallest absolute Gasteiger partial charge is 0.0476 e. The van der Waals surface area contributed by atoms with Crippen LogP contribution < -0.4 is 4.90 Å². The lowest BCUT2D eigenvalue weighted by Crippen LogP contribution is -2.33. The van der Waals surface area contributed by atoms with Crippen molar-refractivity contribution in [2.45, 2.75) is 39.6 Å². The molecular weight excluding hydrogens is 218 g/mol. The number of halogens is 1. The predicted octanol–water partition coefficient (Wildman–Crippen LogP) is 4.21. The number of alkyl halides is 1. The van der Waals surface area contributed by atoms with Crippen molar-refractivity contribution in [1.82, 2.24) is 0 Å². The molecule has 0 aliphatic rings. The molecule has 16 heavy (non-hydrogen) atoms. The standard InChI is InChI=1S/C14H22ClN/c1-10(2)12(4)16(5)14-7-6-13(9-15)11(3)8-14/h6-8,10,12H,9H2,1-5H3. The number of hydrogen-bond acceptors (Lipinski definition) is 1. The summed E-state index contributed by atoms with van der Waals surface area (Å²) in [6.45, 7) is 8.88. The monoisotopic (exact) mass is 239 g/mol. The van der Waals surface area contributed by atoms with E-state index in [1.807, 2.05) is 0 Å². The number of nitrogens with zero attached hydrogens (tertiary/aromatic N) is 1. The van der Waals surface area contributed by atoms with E-state index >= 15 is 0 Å². The molecule has 0 fully saturated rings. The van der Waals surface area contributed by atoms with Gasteiger partial charge in [0, 0.05) is 24.7 Å². The fraction of sp³-hybridized carbons (Fsp3) is 0.571. The highest BCUT2D eigenvalue weighted by Gasteiger charge is 2.14. The molecule has 0 amide bonds. The molecule has 1 nitrogen and oxygen atoms in total. The van der Waals surface area contributed by atoms with E-state index in [4.69, 9.17) is 11.6 Å². The summed E-state index contributed by atoms with van der Waals surface area (Å²) < 4.78 is 0. The first-order chi connectivity index (χ1) is 7.47. The third-order valence-electron chi connectivity index (χ3n) is 3.45. The lowest BCUT2D eigenvalue weighted by molar-refractivity contribution is 0.505. The van der Waals surface area contributed by atoms with Crippen LogP contribution >= 0.6 is 11.6 Å². The number of hydrogen-bond donors (Lipinski definition) is 0. The highest BCUT2D eigenvalue weighted by atomic mass is 35.5. The molecule has 1 atom stereocenters. The van der Waals surface area contributed by atoms with Gasteiger partial charge in [-0.1, -0.05) is 19.9 Å². The average Bonchev–Trinajstić information content (AvgIpc) is 2.26. The van der Waals surface area contributed by atoms with Gasteiger partial charge in [-0.15, -0.1) is 11.6 Å². The SMILES string of the molecule is Cc1cc(N(C)C(C)C(C)C)ccc1CCl. The second kappa shape index (κ2) is 5.58. The van der Waals surface area contributed by atoms with Crippen molar-refractivity contribution in [3.05, 3.63) is 29.3 Å². The van der Waals surface area contributed by atoms with Crippen molar-refractivity contribution >= 4 is 17.3 Å². The zero-order valence-electron chi connectivity index (χ0n) is 10.9. The number of aryl methyl sites for hydroxylation is 1. The van der Waals surface area contributed by atoms with Crippen LogP contribution in [0, 0.1) is 12.8 Å². The highest BCUT2D eigenvalue weighted by Crippen LogP contribution is 2.23. The van der Waals surface area contributed by atoms with Crippen LogP contribution in [0.2, 0.25) is 0 Å². The van der Waals surface area contributed by atoms with Crippen LogP contribution in [0.15, 0.2) is 18.2 Å². The Balaban J connectivity index is 2.92. The molecule has 1 rings (SSSR count). The number of benzene rings is 1. The maximum absolute atomic E-state index is 5.86. The summed E-state index contributed by atoms with van der Waals surface area (Å²) in [4.78, 5) is 2.33. The predicted molar refractivity (Wildman–Crippen MR) is 73.4 cm³/mol. The Morgan fingerprint density at radius 3 is 2.31 bits per heavy atom. The third-order valence-corrected chi connectivity index (χ3v) is 3.74. The van der Waals surface area contributed by atoms with Crippen LogP contribution in [0.25, 0.3) is 0 Å². The van der Waals surface area contributed by atoms with Gasteiger partial charge in [-0.2, -0.15) is 0 Å². The molecular formula is C14H22ClN. The van der Waals surface area contributed by atoms with Crippen molar-refractivity contribution in [2.24, 2.45) is 5.92 Å². The summed E-state index contributed by atoms with van der Waals surface area (Å²) in [7, 11) is 2.15. The van der Waals surface area contributed by atoms with Crippen LogP contribution in [-0.2, 0) is 5.88 Å². The quantitative estimate of drug-likeness (QED) is 0.712. The van der Waals surface area contributed by atoms with E-state index in [0.717, 1.165) is 0 Å². The summed E-state index contributed by atoms with van der Waals surface area (Å²) in [6.07, 6.45) is 0. The van der Waals surface area contributed by atoms with Gasteiger partial charge in [0.05, 0.1) is 0 Å². The maximum atomic E-state index is 5.86. The largest absolute Gasteiger partial charge is 0.372 e. The van der Waals surface area contributed by atoms with Crippen molar-refractivity contribution in [3.63, 3.8) is 0 Å². The van der Waals surface area contributed by atoms with Gasteiger partial charge >= 0.3 is 0 Å². The summed E-state index contributed by atoms with van der Waals surface area (Å²) in [5.41, 5.74) is 3.76. The Bertz CT molecular complexity index is 347. The Morgan fingerprint density at radius 2 is 1.88 bits per heavy atom. The molecule has 0 aliphatic carbocycles. The van der Waals surface area contributed by atoms with Gasteiger partial charge in [0.1, 0.15) is 0 Å². The van der Waals surface area contributed by atoms with E-state index in [9.17, 15) is 0 Å². The van der Waals surface area contributed by atoms with E-state index < -0.39 is 0 Å². The van der Waals surface area contributed by atoms with E-state index in [1.165, 1.54) is 16.8 Å². The Labute approximate surface area is 104 Å². The summed E-state index contributed by atoms with van der Waals surface area (Å²) in [6, 6.07) is 7.04. The van der Waals surface area contributed by atoms with Crippen LogP contribution in [0.3, 0.4) is 0 Å². The minimum absolute atomic E-state index is 0.543. The second-order valence-electron chi connectivity index (χ2n) is 4.84. The minimum atomic E-state index is 0.543. The topological polar surface area (TPSA) is 3.24 Å². The minimum Gasteiger partial charge on any atom is -0.372 e. The third kappa shape index (κ3) is 2.91. The maximum Gasteiger partial charge on any atom is 0.0476 e. The molecule has 1 unspecified atom stereocenters. The van der Waals surface area contributed by atoms with Gasteiger partial charge in [-0.05, 0) is 43.0 Å². The Hall–Kier alpha value is -0.690. The van der Waals surface area contributed by atoms with E-state index in [-0.39, 0.29) is 0 Å². The van der Waals surface area contributed by atoms with Gasteiger partial charge in [0.15, 0.2) is 0 Å².